The molecule has 16 heavy (non-hydrogen) atoms. The second-order valence-electron chi connectivity index (χ2n) is 4.92. The summed E-state index contributed by atoms with van der Waals surface area (Å²) in [5, 5.41) is 12.5. The van der Waals surface area contributed by atoms with Crippen LogP contribution < -0.4 is 11.1 Å². The summed E-state index contributed by atoms with van der Waals surface area (Å²) in [6.45, 7) is 3.49. The van der Waals surface area contributed by atoms with Gasteiger partial charge in [-0.25, -0.2) is 8.42 Å². The van der Waals surface area contributed by atoms with Gasteiger partial charge in [-0.05, 0) is 13.8 Å². The van der Waals surface area contributed by atoms with Gasteiger partial charge in [-0.15, -0.1) is 0 Å². The topological polar surface area (TPSA) is 109 Å². The third kappa shape index (κ3) is 3.73. The number of aliphatic hydroxyl groups is 1. The van der Waals surface area contributed by atoms with Crippen molar-refractivity contribution in [1.29, 1.82) is 0 Å². The van der Waals surface area contributed by atoms with Crippen LogP contribution in [-0.4, -0.2) is 48.6 Å². The van der Waals surface area contributed by atoms with E-state index in [9.17, 15) is 18.3 Å². The van der Waals surface area contributed by atoms with Gasteiger partial charge in [0.1, 0.15) is 0 Å². The number of amides is 1. The molecular weight excluding hydrogens is 232 g/mol. The molecule has 0 bridgehead atoms. The normalized spacial score (nSPS) is 29.2. The van der Waals surface area contributed by atoms with Crippen molar-refractivity contribution < 1.29 is 18.3 Å². The summed E-state index contributed by atoms with van der Waals surface area (Å²) in [7, 11) is -3.17. The lowest BCUT2D eigenvalue weighted by molar-refractivity contribution is -0.119. The molecule has 1 heterocycles. The van der Waals surface area contributed by atoms with Gasteiger partial charge in [0.15, 0.2) is 9.84 Å². The highest BCUT2D eigenvalue weighted by Gasteiger charge is 2.39. The van der Waals surface area contributed by atoms with E-state index in [2.05, 4.69) is 5.32 Å². The van der Waals surface area contributed by atoms with Gasteiger partial charge in [-0.1, -0.05) is 0 Å². The number of hydrogen-bond acceptors (Lipinski definition) is 5. The third-order valence-corrected chi connectivity index (χ3v) is 4.23. The Bertz CT molecular complexity index is 377. The number of sulfone groups is 1. The van der Waals surface area contributed by atoms with Crippen molar-refractivity contribution in [3.05, 3.63) is 0 Å². The Morgan fingerprint density at radius 3 is 2.44 bits per heavy atom. The maximum atomic E-state index is 11.3. The van der Waals surface area contributed by atoms with Crippen LogP contribution in [0.3, 0.4) is 0 Å². The average Bonchev–Trinajstić information content (AvgIpc) is 2.19. The zero-order chi connectivity index (χ0) is 12.6. The van der Waals surface area contributed by atoms with E-state index in [0.29, 0.717) is 0 Å². The second kappa shape index (κ2) is 4.31. The standard InChI is InChI=1S/C9H18N2O4S/c1-9(2,3-8(10)13)11-6-4-16(14,15)5-7(6)12/h6-7,11-12H,3-5H2,1-2H3,(H2,10,13). The molecule has 6 nitrogen and oxygen atoms in total. The Kier molecular flexibility index (Phi) is 3.61. The fraction of sp³-hybridized carbons (Fsp3) is 0.889. The molecule has 1 aliphatic rings. The molecule has 1 amide bonds. The van der Waals surface area contributed by atoms with E-state index >= 15 is 0 Å². The van der Waals surface area contributed by atoms with Crippen molar-refractivity contribution in [2.75, 3.05) is 11.5 Å². The molecule has 7 heteroatoms. The number of aliphatic hydroxyl groups excluding tert-OH is 1. The number of carbonyl (C=O) groups is 1. The minimum Gasteiger partial charge on any atom is -0.390 e. The molecule has 0 spiro atoms. The van der Waals surface area contributed by atoms with E-state index in [1.807, 2.05) is 0 Å². The largest absolute Gasteiger partial charge is 0.390 e. The molecule has 4 N–H and O–H groups in total. The first-order valence-corrected chi connectivity index (χ1v) is 6.88. The molecule has 1 aliphatic heterocycles. The minimum atomic E-state index is -3.17. The fourth-order valence-corrected chi connectivity index (χ4v) is 3.70. The van der Waals surface area contributed by atoms with E-state index in [-0.39, 0.29) is 17.9 Å². The van der Waals surface area contributed by atoms with Gasteiger partial charge in [0.05, 0.1) is 17.6 Å². The lowest BCUT2D eigenvalue weighted by Gasteiger charge is -2.29. The molecule has 0 aromatic heterocycles. The highest BCUT2D eigenvalue weighted by Crippen LogP contribution is 2.17. The van der Waals surface area contributed by atoms with Crippen LogP contribution in [0.5, 0.6) is 0 Å². The number of carbonyl (C=O) groups excluding carboxylic acids is 1. The summed E-state index contributed by atoms with van der Waals surface area (Å²) in [6.07, 6.45) is -0.826. The molecule has 0 saturated carbocycles. The van der Waals surface area contributed by atoms with Crippen molar-refractivity contribution in [2.24, 2.45) is 5.73 Å². The van der Waals surface area contributed by atoms with E-state index in [4.69, 9.17) is 5.73 Å². The van der Waals surface area contributed by atoms with Crippen LogP contribution in [0.1, 0.15) is 20.3 Å². The summed E-state index contributed by atoms with van der Waals surface area (Å²) in [6, 6.07) is -0.528. The third-order valence-electron chi connectivity index (χ3n) is 2.51. The lowest BCUT2D eigenvalue weighted by atomic mass is 9.98. The number of hydrogen-bond donors (Lipinski definition) is 3. The highest BCUT2D eigenvalue weighted by molar-refractivity contribution is 7.91. The molecule has 1 rings (SSSR count). The van der Waals surface area contributed by atoms with Crippen LogP contribution in [0.25, 0.3) is 0 Å². The monoisotopic (exact) mass is 250 g/mol. The lowest BCUT2D eigenvalue weighted by Crippen LogP contribution is -2.52. The minimum absolute atomic E-state index is 0.0935. The molecule has 0 aromatic rings. The summed E-state index contributed by atoms with van der Waals surface area (Å²) in [4.78, 5) is 10.8. The van der Waals surface area contributed by atoms with Gasteiger partial charge in [0, 0.05) is 18.0 Å². The molecule has 2 atom stereocenters. The van der Waals surface area contributed by atoms with Gasteiger partial charge in [-0.3, -0.25) is 4.79 Å². The van der Waals surface area contributed by atoms with Crippen LogP contribution >= 0.6 is 0 Å². The van der Waals surface area contributed by atoms with Gasteiger partial charge in [0.25, 0.3) is 0 Å². The van der Waals surface area contributed by atoms with Crippen molar-refractivity contribution in [3.8, 4) is 0 Å². The number of primary amides is 1. The Labute approximate surface area is 95.1 Å². The molecule has 1 fully saturated rings. The van der Waals surface area contributed by atoms with E-state index in [1.165, 1.54) is 0 Å². The van der Waals surface area contributed by atoms with Crippen molar-refractivity contribution in [3.63, 3.8) is 0 Å². The number of nitrogens with two attached hydrogens (primary N) is 1. The maximum Gasteiger partial charge on any atom is 0.219 e. The van der Waals surface area contributed by atoms with Gasteiger partial charge in [0.2, 0.25) is 5.91 Å². The Hall–Kier alpha value is -0.660. The van der Waals surface area contributed by atoms with Crippen LogP contribution in [0.15, 0.2) is 0 Å². The Morgan fingerprint density at radius 1 is 1.50 bits per heavy atom. The highest BCUT2D eigenvalue weighted by atomic mass is 32.2. The smallest absolute Gasteiger partial charge is 0.219 e. The van der Waals surface area contributed by atoms with Crippen LogP contribution in [0.2, 0.25) is 0 Å². The van der Waals surface area contributed by atoms with Crippen molar-refractivity contribution in [1.82, 2.24) is 5.32 Å². The molecule has 1 saturated heterocycles. The summed E-state index contributed by atoms with van der Waals surface area (Å²) < 4.78 is 22.5. The molecule has 0 radical (unpaired) electrons. The quantitative estimate of drug-likeness (QED) is 0.556. The first-order chi connectivity index (χ1) is 7.11. The predicted octanol–water partition coefficient (Wildman–Crippen LogP) is -1.61. The molecule has 94 valence electrons. The number of rotatable bonds is 4. The van der Waals surface area contributed by atoms with E-state index in [1.54, 1.807) is 13.8 Å². The van der Waals surface area contributed by atoms with Crippen molar-refractivity contribution in [2.45, 2.75) is 38.0 Å². The molecule has 0 aliphatic carbocycles. The average molecular weight is 250 g/mol. The Balaban J connectivity index is 2.64. The van der Waals surface area contributed by atoms with Crippen LogP contribution in [0, 0.1) is 0 Å². The molecular formula is C9H18N2O4S. The first-order valence-electron chi connectivity index (χ1n) is 5.06. The van der Waals surface area contributed by atoms with Gasteiger partial charge < -0.3 is 16.2 Å². The van der Waals surface area contributed by atoms with Gasteiger partial charge >= 0.3 is 0 Å². The van der Waals surface area contributed by atoms with Gasteiger partial charge in [-0.2, -0.15) is 0 Å². The SMILES string of the molecule is CC(C)(CC(N)=O)NC1CS(=O)(=O)CC1O. The predicted molar refractivity (Wildman–Crippen MR) is 59.5 cm³/mol. The summed E-state index contributed by atoms with van der Waals surface area (Å²) >= 11 is 0. The number of nitrogens with one attached hydrogen (secondary N) is 1. The maximum absolute atomic E-state index is 11.3. The van der Waals surface area contributed by atoms with E-state index < -0.39 is 33.4 Å². The molecule has 2 unspecified atom stereocenters. The Morgan fingerprint density at radius 2 is 2.06 bits per heavy atom. The van der Waals surface area contributed by atoms with E-state index in [0.717, 1.165) is 0 Å². The summed E-state index contributed by atoms with van der Waals surface area (Å²) in [5.74, 6) is -0.791. The van der Waals surface area contributed by atoms with Crippen LogP contribution in [0.4, 0.5) is 0 Å². The fourth-order valence-electron chi connectivity index (χ4n) is 1.96. The second-order valence-corrected chi connectivity index (χ2v) is 7.08. The first kappa shape index (κ1) is 13.4. The summed E-state index contributed by atoms with van der Waals surface area (Å²) in [5.41, 5.74) is 4.47. The zero-order valence-electron chi connectivity index (χ0n) is 9.43. The van der Waals surface area contributed by atoms with Crippen molar-refractivity contribution >= 4 is 15.7 Å². The van der Waals surface area contributed by atoms with Crippen LogP contribution in [-0.2, 0) is 14.6 Å². The molecule has 0 aromatic carbocycles. The zero-order valence-corrected chi connectivity index (χ0v) is 10.3.